The zero-order valence-electron chi connectivity index (χ0n) is 10.8. The Balaban J connectivity index is 2.06. The van der Waals surface area contributed by atoms with Crippen LogP contribution >= 0.6 is 11.8 Å². The number of nitro groups is 1. The van der Waals surface area contributed by atoms with Gasteiger partial charge in [-0.1, -0.05) is 0 Å². The molecule has 1 aromatic rings. The van der Waals surface area contributed by atoms with E-state index in [0.29, 0.717) is 11.1 Å². The SMILES string of the molecule is CSC1CCC(Nc2nc(N)ccc2[N+](=O)[O-])CC1. The third kappa shape index (κ3) is 3.50. The topological polar surface area (TPSA) is 94.1 Å². The first-order valence-corrected chi connectivity index (χ1v) is 7.59. The van der Waals surface area contributed by atoms with Crippen molar-refractivity contribution in [3.8, 4) is 0 Å². The quantitative estimate of drug-likeness (QED) is 0.651. The van der Waals surface area contributed by atoms with Crippen LogP contribution in [0.25, 0.3) is 0 Å². The zero-order valence-corrected chi connectivity index (χ0v) is 11.7. The van der Waals surface area contributed by atoms with Crippen molar-refractivity contribution in [2.75, 3.05) is 17.3 Å². The molecule has 3 N–H and O–H groups in total. The number of nitrogen functional groups attached to an aromatic ring is 1. The van der Waals surface area contributed by atoms with Crippen molar-refractivity contribution in [3.63, 3.8) is 0 Å². The van der Waals surface area contributed by atoms with E-state index in [1.54, 1.807) is 0 Å². The average molecular weight is 282 g/mol. The van der Waals surface area contributed by atoms with Crippen molar-refractivity contribution in [1.82, 2.24) is 4.98 Å². The van der Waals surface area contributed by atoms with Gasteiger partial charge >= 0.3 is 5.69 Å². The molecule has 0 radical (unpaired) electrons. The van der Waals surface area contributed by atoms with Crippen LogP contribution in [0.1, 0.15) is 25.7 Å². The maximum absolute atomic E-state index is 11.0. The first-order chi connectivity index (χ1) is 9.10. The van der Waals surface area contributed by atoms with Gasteiger partial charge in [0.1, 0.15) is 5.82 Å². The molecule has 0 unspecified atom stereocenters. The van der Waals surface area contributed by atoms with Crippen LogP contribution in [0.4, 0.5) is 17.3 Å². The highest BCUT2D eigenvalue weighted by atomic mass is 32.2. The fourth-order valence-electron chi connectivity index (χ4n) is 2.36. The molecule has 19 heavy (non-hydrogen) atoms. The summed E-state index contributed by atoms with van der Waals surface area (Å²) in [5, 5.41) is 14.8. The number of pyridine rings is 1. The van der Waals surface area contributed by atoms with Crippen molar-refractivity contribution in [2.24, 2.45) is 0 Å². The molecule has 1 aliphatic carbocycles. The van der Waals surface area contributed by atoms with Gasteiger partial charge in [-0.2, -0.15) is 11.8 Å². The molecule has 6 nitrogen and oxygen atoms in total. The summed E-state index contributed by atoms with van der Waals surface area (Å²) in [4.78, 5) is 14.6. The van der Waals surface area contributed by atoms with Gasteiger partial charge in [-0.15, -0.1) is 0 Å². The van der Waals surface area contributed by atoms with Crippen molar-refractivity contribution in [2.45, 2.75) is 37.0 Å². The van der Waals surface area contributed by atoms with E-state index in [2.05, 4.69) is 16.6 Å². The molecule has 0 atom stereocenters. The molecule has 0 saturated heterocycles. The summed E-state index contributed by atoms with van der Waals surface area (Å²) in [5.74, 6) is 0.587. The summed E-state index contributed by atoms with van der Waals surface area (Å²) < 4.78 is 0. The Morgan fingerprint density at radius 3 is 2.68 bits per heavy atom. The van der Waals surface area contributed by atoms with Crippen LogP contribution in [0.2, 0.25) is 0 Å². The lowest BCUT2D eigenvalue weighted by Crippen LogP contribution is -2.27. The van der Waals surface area contributed by atoms with Gasteiger partial charge in [0.2, 0.25) is 5.82 Å². The number of rotatable bonds is 4. The Labute approximate surface area is 116 Å². The zero-order chi connectivity index (χ0) is 13.8. The predicted molar refractivity (Wildman–Crippen MR) is 78.5 cm³/mol. The minimum atomic E-state index is -0.428. The molecule has 1 aromatic heterocycles. The fourth-order valence-corrected chi connectivity index (χ4v) is 3.10. The first-order valence-electron chi connectivity index (χ1n) is 6.30. The lowest BCUT2D eigenvalue weighted by molar-refractivity contribution is -0.384. The number of nitrogens with one attached hydrogen (secondary N) is 1. The summed E-state index contributed by atoms with van der Waals surface area (Å²) in [5.41, 5.74) is 5.59. The summed E-state index contributed by atoms with van der Waals surface area (Å²) in [6.45, 7) is 0. The second-order valence-corrected chi connectivity index (χ2v) is 5.85. The Bertz CT molecular complexity index is 461. The lowest BCUT2D eigenvalue weighted by Gasteiger charge is -2.28. The highest BCUT2D eigenvalue weighted by Gasteiger charge is 2.23. The van der Waals surface area contributed by atoms with E-state index in [9.17, 15) is 10.1 Å². The predicted octanol–water partition coefficient (Wildman–Crippen LogP) is 2.66. The molecule has 0 aliphatic heterocycles. The normalized spacial score (nSPS) is 23.0. The van der Waals surface area contributed by atoms with E-state index in [1.165, 1.54) is 12.1 Å². The lowest BCUT2D eigenvalue weighted by atomic mass is 9.95. The Morgan fingerprint density at radius 1 is 1.42 bits per heavy atom. The molecule has 1 heterocycles. The van der Waals surface area contributed by atoms with Crippen molar-refractivity contribution in [3.05, 3.63) is 22.2 Å². The molecular formula is C12H18N4O2S. The van der Waals surface area contributed by atoms with Crippen LogP contribution in [-0.2, 0) is 0 Å². The van der Waals surface area contributed by atoms with E-state index in [0.717, 1.165) is 25.7 Å². The molecule has 0 bridgehead atoms. The number of nitrogens with two attached hydrogens (primary N) is 1. The largest absolute Gasteiger partial charge is 0.384 e. The first kappa shape index (κ1) is 13.9. The van der Waals surface area contributed by atoms with Crippen LogP contribution in [0.5, 0.6) is 0 Å². The molecule has 0 spiro atoms. The molecule has 0 aromatic carbocycles. The Morgan fingerprint density at radius 2 is 2.11 bits per heavy atom. The number of aromatic nitrogens is 1. The van der Waals surface area contributed by atoms with E-state index < -0.39 is 4.92 Å². The summed E-state index contributed by atoms with van der Waals surface area (Å²) in [6.07, 6.45) is 6.42. The molecule has 7 heteroatoms. The Hall–Kier alpha value is -1.50. The maximum atomic E-state index is 11.0. The monoisotopic (exact) mass is 282 g/mol. The summed E-state index contributed by atoms with van der Waals surface area (Å²) >= 11 is 1.89. The second kappa shape index (κ2) is 6.10. The van der Waals surface area contributed by atoms with Gasteiger partial charge in [-0.25, -0.2) is 4.98 Å². The van der Waals surface area contributed by atoms with Gasteiger partial charge in [0, 0.05) is 17.4 Å². The third-order valence-corrected chi connectivity index (χ3v) is 4.58. The minimum absolute atomic E-state index is 0.0128. The van der Waals surface area contributed by atoms with Crippen LogP contribution in [0.3, 0.4) is 0 Å². The average Bonchev–Trinajstić information content (AvgIpc) is 2.39. The van der Waals surface area contributed by atoms with Gasteiger partial charge in [0.25, 0.3) is 0 Å². The van der Waals surface area contributed by atoms with Gasteiger partial charge in [0.05, 0.1) is 4.92 Å². The molecule has 2 rings (SSSR count). The highest BCUT2D eigenvalue weighted by molar-refractivity contribution is 7.99. The van der Waals surface area contributed by atoms with E-state index in [-0.39, 0.29) is 17.5 Å². The number of anilines is 2. The van der Waals surface area contributed by atoms with Gasteiger partial charge < -0.3 is 11.1 Å². The fraction of sp³-hybridized carbons (Fsp3) is 0.583. The van der Waals surface area contributed by atoms with Crippen molar-refractivity contribution >= 4 is 29.1 Å². The van der Waals surface area contributed by atoms with Crippen molar-refractivity contribution < 1.29 is 4.92 Å². The van der Waals surface area contributed by atoms with Crippen LogP contribution in [0, 0.1) is 10.1 Å². The number of hydrogen-bond acceptors (Lipinski definition) is 6. The van der Waals surface area contributed by atoms with Crippen LogP contribution in [-0.4, -0.2) is 27.5 Å². The molecular weight excluding hydrogens is 264 g/mol. The van der Waals surface area contributed by atoms with E-state index in [4.69, 9.17) is 5.73 Å². The van der Waals surface area contributed by atoms with Crippen LogP contribution < -0.4 is 11.1 Å². The van der Waals surface area contributed by atoms with Crippen LogP contribution in [0.15, 0.2) is 12.1 Å². The minimum Gasteiger partial charge on any atom is -0.384 e. The second-order valence-electron chi connectivity index (χ2n) is 4.71. The molecule has 1 fully saturated rings. The smallest absolute Gasteiger partial charge is 0.311 e. The van der Waals surface area contributed by atoms with E-state index in [1.807, 2.05) is 11.8 Å². The number of thioether (sulfide) groups is 1. The number of hydrogen-bond donors (Lipinski definition) is 2. The van der Waals surface area contributed by atoms with Gasteiger partial charge in [0.15, 0.2) is 0 Å². The standard InChI is InChI=1S/C12H18N4O2S/c1-19-9-4-2-8(3-5-9)14-12-10(16(17)18)6-7-11(13)15-12/h6-9H,2-5H2,1H3,(H3,13,14,15). The van der Waals surface area contributed by atoms with Crippen molar-refractivity contribution in [1.29, 1.82) is 0 Å². The molecule has 0 amide bonds. The summed E-state index contributed by atoms with van der Waals surface area (Å²) in [6, 6.07) is 3.10. The molecule has 1 saturated carbocycles. The van der Waals surface area contributed by atoms with Gasteiger partial charge in [-0.3, -0.25) is 10.1 Å². The maximum Gasteiger partial charge on any atom is 0.311 e. The Kier molecular flexibility index (Phi) is 4.47. The highest BCUT2D eigenvalue weighted by Crippen LogP contribution is 2.30. The molecule has 1 aliphatic rings. The van der Waals surface area contributed by atoms with E-state index >= 15 is 0 Å². The molecule has 104 valence electrons. The summed E-state index contributed by atoms with van der Waals surface area (Å²) in [7, 11) is 0. The van der Waals surface area contributed by atoms with Gasteiger partial charge in [-0.05, 0) is 38.0 Å². The third-order valence-electron chi connectivity index (χ3n) is 3.44. The number of nitrogens with zero attached hydrogens (tertiary/aromatic N) is 2.